The second kappa shape index (κ2) is 16.8. The molecule has 0 radical (unpaired) electrons. The normalized spacial score (nSPS) is 13.1. The van der Waals surface area contributed by atoms with Crippen LogP contribution in [0, 0.1) is 5.92 Å². The average molecular weight is 560 g/mol. The molecule has 2 aromatic carbocycles. The number of para-hydroxylation sites is 1. The number of aromatic amines is 1. The minimum atomic E-state index is -0.669. The Kier molecular flexibility index (Phi) is 12.9. The Morgan fingerprint density at radius 3 is 2.44 bits per heavy atom. The highest BCUT2D eigenvalue weighted by atomic mass is 16.5. The molecule has 41 heavy (non-hydrogen) atoms. The van der Waals surface area contributed by atoms with Crippen LogP contribution in [-0.2, 0) is 32.0 Å². The Hall–Kier alpha value is -4.17. The van der Waals surface area contributed by atoms with E-state index in [2.05, 4.69) is 28.8 Å². The standard InChI is InChI=1S/C33H41N3O5/c1-3-5-7-17-32(39)41-23-28(19-26-21-34-30-16-11-10-15-29(26)30)36-33(40)25(12-4-2)20-31(38)35-27(22-37)18-24-13-8-6-9-14-24/h3-4,6,8-11,13-16,21,25,27-28,34,37H,1-2,5,7,12,17-20,22-23H2,(H,35,38)(H,36,40)/t25-,27-,28+/m1/s1. The third kappa shape index (κ3) is 10.4. The molecule has 3 rings (SSSR count). The molecule has 0 aliphatic rings. The maximum atomic E-state index is 13.4. The summed E-state index contributed by atoms with van der Waals surface area (Å²) in [5.74, 6) is -1.65. The lowest BCUT2D eigenvalue weighted by Gasteiger charge is -2.23. The maximum absolute atomic E-state index is 13.4. The van der Waals surface area contributed by atoms with E-state index < -0.39 is 18.0 Å². The van der Waals surface area contributed by atoms with Crippen LogP contribution in [0.4, 0.5) is 0 Å². The van der Waals surface area contributed by atoms with Crippen molar-refractivity contribution in [3.8, 4) is 0 Å². The fourth-order valence-corrected chi connectivity index (χ4v) is 4.75. The van der Waals surface area contributed by atoms with Gasteiger partial charge in [-0.25, -0.2) is 0 Å². The number of allylic oxidation sites excluding steroid dienone is 2. The molecule has 1 aromatic heterocycles. The molecule has 2 amide bonds. The van der Waals surface area contributed by atoms with Crippen LogP contribution < -0.4 is 10.6 Å². The zero-order valence-electron chi connectivity index (χ0n) is 23.5. The number of hydrogen-bond donors (Lipinski definition) is 4. The lowest BCUT2D eigenvalue weighted by atomic mass is 9.97. The second-order valence-corrected chi connectivity index (χ2v) is 10.2. The quantitative estimate of drug-likeness (QED) is 0.105. The van der Waals surface area contributed by atoms with Gasteiger partial charge in [-0.1, -0.05) is 60.7 Å². The molecule has 0 saturated heterocycles. The van der Waals surface area contributed by atoms with E-state index in [0.717, 1.165) is 28.5 Å². The van der Waals surface area contributed by atoms with Crippen LogP contribution in [0.3, 0.4) is 0 Å². The van der Waals surface area contributed by atoms with Gasteiger partial charge in [0.1, 0.15) is 6.61 Å². The number of carbonyl (C=O) groups is 3. The van der Waals surface area contributed by atoms with Crippen LogP contribution in [0.15, 0.2) is 86.1 Å². The summed E-state index contributed by atoms with van der Waals surface area (Å²) in [5.41, 5.74) is 2.95. The number of nitrogens with one attached hydrogen (secondary N) is 3. The van der Waals surface area contributed by atoms with E-state index in [9.17, 15) is 19.5 Å². The van der Waals surface area contributed by atoms with Crippen LogP contribution >= 0.6 is 0 Å². The molecule has 218 valence electrons. The van der Waals surface area contributed by atoms with Gasteiger partial charge in [-0.3, -0.25) is 14.4 Å². The van der Waals surface area contributed by atoms with Gasteiger partial charge in [0.25, 0.3) is 0 Å². The van der Waals surface area contributed by atoms with Crippen LogP contribution in [-0.4, -0.2) is 53.2 Å². The van der Waals surface area contributed by atoms with Gasteiger partial charge >= 0.3 is 5.97 Å². The zero-order chi connectivity index (χ0) is 29.5. The monoisotopic (exact) mass is 559 g/mol. The SMILES string of the molecule is C=CCCCC(=O)OC[C@H](Cc1c[nH]c2ccccc12)NC(=O)[C@H](CC=C)CC(=O)N[C@@H](CO)Cc1ccccc1. The van der Waals surface area contributed by atoms with Crippen molar-refractivity contribution in [2.45, 2.75) is 57.0 Å². The Morgan fingerprint density at radius 1 is 0.951 bits per heavy atom. The molecule has 8 heteroatoms. The first kappa shape index (κ1) is 31.4. The summed E-state index contributed by atoms with van der Waals surface area (Å²) in [5, 5.41) is 16.7. The van der Waals surface area contributed by atoms with Crippen LogP contribution in [0.2, 0.25) is 0 Å². The van der Waals surface area contributed by atoms with Crippen molar-refractivity contribution in [2.75, 3.05) is 13.2 Å². The topological polar surface area (TPSA) is 121 Å². The molecule has 4 N–H and O–H groups in total. The van der Waals surface area contributed by atoms with Gasteiger partial charge in [0.15, 0.2) is 0 Å². The second-order valence-electron chi connectivity index (χ2n) is 10.2. The largest absolute Gasteiger partial charge is 0.463 e. The van der Waals surface area contributed by atoms with Crippen LogP contribution in [0.25, 0.3) is 10.9 Å². The zero-order valence-corrected chi connectivity index (χ0v) is 23.5. The number of aromatic nitrogens is 1. The molecule has 0 fully saturated rings. The molecule has 3 atom stereocenters. The van der Waals surface area contributed by atoms with Crippen molar-refractivity contribution in [1.29, 1.82) is 0 Å². The first-order valence-electron chi connectivity index (χ1n) is 14.1. The van der Waals surface area contributed by atoms with E-state index in [1.165, 1.54) is 0 Å². The molecule has 1 heterocycles. The molecular weight excluding hydrogens is 518 g/mol. The molecule has 0 aliphatic heterocycles. The number of H-pyrrole nitrogens is 1. The van der Waals surface area contributed by atoms with Gasteiger partial charge in [0.2, 0.25) is 11.8 Å². The van der Waals surface area contributed by atoms with Gasteiger partial charge in [-0.2, -0.15) is 0 Å². The van der Waals surface area contributed by atoms with E-state index in [1.807, 2.05) is 60.8 Å². The highest BCUT2D eigenvalue weighted by Crippen LogP contribution is 2.20. The fraction of sp³-hybridized carbons (Fsp3) is 0.364. The number of esters is 1. The number of amides is 2. The highest BCUT2D eigenvalue weighted by molar-refractivity contribution is 5.86. The lowest BCUT2D eigenvalue weighted by Crippen LogP contribution is -2.45. The third-order valence-corrected chi connectivity index (χ3v) is 6.89. The summed E-state index contributed by atoms with van der Waals surface area (Å²) < 4.78 is 5.53. The summed E-state index contributed by atoms with van der Waals surface area (Å²) in [6, 6.07) is 16.5. The minimum absolute atomic E-state index is 0.00877. The number of rotatable bonds is 18. The van der Waals surface area contributed by atoms with Crippen molar-refractivity contribution in [2.24, 2.45) is 5.92 Å². The minimum Gasteiger partial charge on any atom is -0.463 e. The van der Waals surface area contributed by atoms with E-state index in [1.54, 1.807) is 12.2 Å². The number of fused-ring (bicyclic) bond motifs is 1. The van der Waals surface area contributed by atoms with Gasteiger partial charge in [-0.05, 0) is 49.3 Å². The smallest absolute Gasteiger partial charge is 0.305 e. The molecule has 3 aromatic rings. The predicted molar refractivity (Wildman–Crippen MR) is 161 cm³/mol. The first-order valence-corrected chi connectivity index (χ1v) is 14.1. The number of aliphatic hydroxyl groups is 1. The number of benzene rings is 2. The van der Waals surface area contributed by atoms with Gasteiger partial charge in [0, 0.05) is 29.9 Å². The van der Waals surface area contributed by atoms with E-state index >= 15 is 0 Å². The van der Waals surface area contributed by atoms with E-state index in [4.69, 9.17) is 4.74 Å². The Bertz CT molecular complexity index is 1290. The van der Waals surface area contributed by atoms with Gasteiger partial charge in [0.05, 0.1) is 24.6 Å². The average Bonchev–Trinajstić information content (AvgIpc) is 3.38. The summed E-state index contributed by atoms with van der Waals surface area (Å²) >= 11 is 0. The van der Waals surface area contributed by atoms with E-state index in [-0.39, 0.29) is 43.8 Å². The number of unbranched alkanes of at least 4 members (excludes halogenated alkanes) is 1. The summed E-state index contributed by atoms with van der Waals surface area (Å²) in [6.07, 6.45) is 8.05. The van der Waals surface area contributed by atoms with Crippen molar-refractivity contribution >= 4 is 28.7 Å². The number of ether oxygens (including phenoxy) is 1. The molecule has 0 aliphatic carbocycles. The Labute approximate surface area is 241 Å². The lowest BCUT2D eigenvalue weighted by molar-refractivity contribution is -0.145. The van der Waals surface area contributed by atoms with Crippen molar-refractivity contribution in [3.63, 3.8) is 0 Å². The predicted octanol–water partition coefficient (Wildman–Crippen LogP) is 4.40. The molecule has 0 spiro atoms. The summed E-state index contributed by atoms with van der Waals surface area (Å²) in [4.78, 5) is 41.9. The molecule has 0 saturated carbocycles. The van der Waals surface area contributed by atoms with Crippen molar-refractivity contribution < 1.29 is 24.2 Å². The van der Waals surface area contributed by atoms with Crippen molar-refractivity contribution in [3.05, 3.63) is 97.2 Å². The molecular formula is C33H41N3O5. The first-order chi connectivity index (χ1) is 19.9. The fourth-order valence-electron chi connectivity index (χ4n) is 4.75. The Morgan fingerprint density at radius 2 is 1.71 bits per heavy atom. The number of aliphatic hydroxyl groups excluding tert-OH is 1. The number of hydrogen-bond acceptors (Lipinski definition) is 5. The van der Waals surface area contributed by atoms with Gasteiger partial charge in [-0.15, -0.1) is 13.2 Å². The summed E-state index contributed by atoms with van der Waals surface area (Å²) in [7, 11) is 0. The molecule has 0 unspecified atom stereocenters. The van der Waals surface area contributed by atoms with Crippen LogP contribution in [0.1, 0.15) is 43.2 Å². The summed E-state index contributed by atoms with van der Waals surface area (Å²) in [6.45, 7) is 7.22. The molecule has 8 nitrogen and oxygen atoms in total. The van der Waals surface area contributed by atoms with E-state index in [0.29, 0.717) is 25.7 Å². The maximum Gasteiger partial charge on any atom is 0.305 e. The number of carbonyl (C=O) groups excluding carboxylic acids is 3. The van der Waals surface area contributed by atoms with Crippen molar-refractivity contribution in [1.82, 2.24) is 15.6 Å². The Balaban J connectivity index is 1.66. The molecule has 0 bridgehead atoms. The third-order valence-electron chi connectivity index (χ3n) is 6.89. The van der Waals surface area contributed by atoms with Gasteiger partial charge < -0.3 is 25.5 Å². The van der Waals surface area contributed by atoms with Crippen LogP contribution in [0.5, 0.6) is 0 Å². The highest BCUT2D eigenvalue weighted by Gasteiger charge is 2.26.